The van der Waals surface area contributed by atoms with E-state index in [4.69, 9.17) is 4.74 Å². The molecule has 4 amide bonds. The van der Waals surface area contributed by atoms with Gasteiger partial charge in [0.1, 0.15) is 18.0 Å². The molecule has 236 valence electrons. The number of hydrogen-bond donors (Lipinski definition) is 3. The van der Waals surface area contributed by atoms with Crippen molar-refractivity contribution in [3.63, 3.8) is 0 Å². The van der Waals surface area contributed by atoms with Crippen LogP contribution in [0.15, 0.2) is 30.3 Å². The molecular formula is C31H45FN6O5. The Balaban J connectivity index is 1.26. The first kappa shape index (κ1) is 31.2. The fourth-order valence-electron chi connectivity index (χ4n) is 6.75. The lowest BCUT2D eigenvalue weighted by Gasteiger charge is -2.43. The van der Waals surface area contributed by atoms with Gasteiger partial charge >= 0.3 is 0 Å². The third kappa shape index (κ3) is 8.03. The Kier molecular flexibility index (Phi) is 10.2. The van der Waals surface area contributed by atoms with Crippen molar-refractivity contribution in [2.45, 2.75) is 81.2 Å². The van der Waals surface area contributed by atoms with Gasteiger partial charge in [-0.25, -0.2) is 4.39 Å². The van der Waals surface area contributed by atoms with Gasteiger partial charge in [-0.2, -0.15) is 0 Å². The molecule has 1 aromatic rings. The molecule has 4 saturated heterocycles. The molecule has 4 heterocycles. The number of hydrogen-bond acceptors (Lipinski definition) is 7. The number of amides is 4. The van der Waals surface area contributed by atoms with Gasteiger partial charge in [0.25, 0.3) is 5.91 Å². The largest absolute Gasteiger partial charge is 0.484 e. The highest BCUT2D eigenvalue weighted by atomic mass is 19.1. The molecule has 4 aliphatic heterocycles. The van der Waals surface area contributed by atoms with Crippen molar-refractivity contribution in [3.05, 3.63) is 30.3 Å². The number of nitrogens with one attached hydrogen (secondary N) is 3. The van der Waals surface area contributed by atoms with Gasteiger partial charge in [-0.1, -0.05) is 18.2 Å². The van der Waals surface area contributed by atoms with Gasteiger partial charge in [-0.05, 0) is 70.8 Å². The van der Waals surface area contributed by atoms with E-state index in [1.54, 1.807) is 17.0 Å². The van der Waals surface area contributed by atoms with Crippen LogP contribution in [-0.2, 0) is 19.2 Å². The van der Waals surface area contributed by atoms with Gasteiger partial charge in [-0.3, -0.25) is 19.2 Å². The molecule has 11 nitrogen and oxygen atoms in total. The Hall–Kier alpha value is -3.25. The number of carbonyl (C=O) groups is 4. The lowest BCUT2D eigenvalue weighted by Crippen LogP contribution is -2.61. The van der Waals surface area contributed by atoms with Crippen LogP contribution in [0.3, 0.4) is 0 Å². The highest BCUT2D eigenvalue weighted by Crippen LogP contribution is 2.29. The zero-order valence-electron chi connectivity index (χ0n) is 25.1. The summed E-state index contributed by atoms with van der Waals surface area (Å²) in [6.07, 6.45) is 2.31. The standard InChI is InChI=1S/C31H45FN6O5/c1-36-14-9-23(10-15-36)34-25-8-5-13-33-27(39)19-31(35-29(41)26-18-22(32)20-38(26)30(25)42)11-16-37(17-12-31)28(40)21-43-24-6-3-2-4-7-24/h2-4,6-7,22-23,25-26,34H,5,8-21H2,1H3,(H,33,39)(H,35,41)/t22-,25-,26-/m0/s1. The number of halogens is 1. The van der Waals surface area contributed by atoms with Gasteiger partial charge in [0.15, 0.2) is 6.61 Å². The molecule has 0 aromatic heterocycles. The Labute approximate surface area is 252 Å². The van der Waals surface area contributed by atoms with E-state index >= 15 is 0 Å². The van der Waals surface area contributed by atoms with Gasteiger partial charge in [-0.15, -0.1) is 0 Å². The normalized spacial score (nSPS) is 27.9. The molecule has 43 heavy (non-hydrogen) atoms. The van der Waals surface area contributed by atoms with Crippen LogP contribution in [-0.4, -0.2) is 121 Å². The molecule has 0 unspecified atom stereocenters. The van der Waals surface area contributed by atoms with Crippen molar-refractivity contribution in [1.29, 1.82) is 0 Å². The van der Waals surface area contributed by atoms with Crippen LogP contribution in [0.4, 0.5) is 4.39 Å². The fraction of sp³-hybridized carbons (Fsp3) is 0.677. The van der Waals surface area contributed by atoms with Gasteiger partial charge < -0.3 is 35.4 Å². The molecule has 0 aliphatic carbocycles. The predicted octanol–water partition coefficient (Wildman–Crippen LogP) is 0.834. The maximum Gasteiger partial charge on any atom is 0.260 e. The minimum absolute atomic E-state index is 0.0538. The average molecular weight is 601 g/mol. The number of carbonyl (C=O) groups excluding carboxylic acids is 4. The van der Waals surface area contributed by atoms with Gasteiger partial charge in [0, 0.05) is 38.5 Å². The summed E-state index contributed by atoms with van der Waals surface area (Å²) in [7, 11) is 2.08. The first-order valence-corrected chi connectivity index (χ1v) is 15.6. The van der Waals surface area contributed by atoms with Crippen molar-refractivity contribution >= 4 is 23.6 Å². The van der Waals surface area contributed by atoms with Crippen molar-refractivity contribution in [3.8, 4) is 5.75 Å². The number of rotatable bonds is 5. The zero-order valence-corrected chi connectivity index (χ0v) is 25.1. The van der Waals surface area contributed by atoms with Crippen LogP contribution < -0.4 is 20.7 Å². The molecular weight excluding hydrogens is 555 g/mol. The predicted molar refractivity (Wildman–Crippen MR) is 158 cm³/mol. The van der Waals surface area contributed by atoms with E-state index in [0.717, 1.165) is 25.9 Å². The van der Waals surface area contributed by atoms with E-state index in [9.17, 15) is 23.6 Å². The van der Waals surface area contributed by atoms with E-state index < -0.39 is 29.7 Å². The monoisotopic (exact) mass is 600 g/mol. The van der Waals surface area contributed by atoms with E-state index in [0.29, 0.717) is 51.1 Å². The summed E-state index contributed by atoms with van der Waals surface area (Å²) in [4.78, 5) is 58.9. The second kappa shape index (κ2) is 14.0. The quantitative estimate of drug-likeness (QED) is 0.458. The summed E-state index contributed by atoms with van der Waals surface area (Å²) in [5, 5.41) is 9.56. The van der Waals surface area contributed by atoms with E-state index in [1.807, 2.05) is 18.2 Å². The summed E-state index contributed by atoms with van der Waals surface area (Å²) >= 11 is 0. The van der Waals surface area contributed by atoms with Crippen molar-refractivity contribution < 1.29 is 28.3 Å². The van der Waals surface area contributed by atoms with Crippen LogP contribution in [0.1, 0.15) is 51.4 Å². The number of ether oxygens (including phenoxy) is 1. The number of para-hydroxylation sites is 1. The molecule has 0 saturated carbocycles. The second-order valence-corrected chi connectivity index (χ2v) is 12.6. The van der Waals surface area contributed by atoms with E-state index in [2.05, 4.69) is 27.9 Å². The molecule has 12 heteroatoms. The third-order valence-electron chi connectivity index (χ3n) is 9.35. The first-order chi connectivity index (χ1) is 20.7. The molecule has 4 fully saturated rings. The molecule has 3 atom stereocenters. The summed E-state index contributed by atoms with van der Waals surface area (Å²) in [6, 6.07) is 7.78. The number of alkyl halides is 1. The summed E-state index contributed by atoms with van der Waals surface area (Å²) < 4.78 is 20.4. The maximum absolute atomic E-state index is 14.8. The topological polar surface area (TPSA) is 123 Å². The number of likely N-dealkylation sites (tertiary alicyclic amines) is 2. The number of benzene rings is 1. The zero-order chi connectivity index (χ0) is 30.4. The summed E-state index contributed by atoms with van der Waals surface area (Å²) in [5.41, 5.74) is -0.902. The SMILES string of the molecule is CN1CCC(N[C@H]2CCCNC(=O)CC3(CCN(C(=O)COc4ccccc4)CC3)NC(=O)[C@@H]3C[C@H](F)CN3C2=O)CC1. The molecule has 1 aromatic carbocycles. The molecule has 0 radical (unpaired) electrons. The lowest BCUT2D eigenvalue weighted by atomic mass is 9.83. The van der Waals surface area contributed by atoms with Crippen molar-refractivity contribution in [2.75, 3.05) is 52.9 Å². The molecule has 3 N–H and O–H groups in total. The Morgan fingerprint density at radius 2 is 1.79 bits per heavy atom. The molecule has 4 aliphatic rings. The first-order valence-electron chi connectivity index (χ1n) is 15.6. The fourth-order valence-corrected chi connectivity index (χ4v) is 6.75. The molecule has 1 spiro atoms. The van der Waals surface area contributed by atoms with Crippen molar-refractivity contribution in [1.82, 2.24) is 30.7 Å². The summed E-state index contributed by atoms with van der Waals surface area (Å²) in [6.45, 7) is 2.73. The number of piperidine rings is 2. The van der Waals surface area contributed by atoms with E-state index in [-0.39, 0.29) is 49.8 Å². The molecule has 5 rings (SSSR count). The van der Waals surface area contributed by atoms with Crippen molar-refractivity contribution in [2.24, 2.45) is 0 Å². The number of fused-ring (bicyclic) bond motifs is 1. The Bertz CT molecular complexity index is 1140. The summed E-state index contributed by atoms with van der Waals surface area (Å²) in [5.74, 6) is -0.447. The smallest absolute Gasteiger partial charge is 0.260 e. The van der Waals surface area contributed by atoms with Crippen LogP contribution in [0.2, 0.25) is 0 Å². The lowest BCUT2D eigenvalue weighted by molar-refractivity contribution is -0.142. The number of nitrogens with zero attached hydrogens (tertiary/aromatic N) is 3. The van der Waals surface area contributed by atoms with Gasteiger partial charge in [0.2, 0.25) is 17.7 Å². The van der Waals surface area contributed by atoms with E-state index in [1.165, 1.54) is 4.90 Å². The van der Waals surface area contributed by atoms with Crippen LogP contribution in [0.5, 0.6) is 5.75 Å². The second-order valence-electron chi connectivity index (χ2n) is 12.6. The average Bonchev–Trinajstić information content (AvgIpc) is 3.40. The van der Waals surface area contributed by atoms with Gasteiger partial charge in [0.05, 0.1) is 18.1 Å². The Morgan fingerprint density at radius 3 is 2.51 bits per heavy atom. The third-order valence-corrected chi connectivity index (χ3v) is 9.35. The maximum atomic E-state index is 14.8. The highest BCUT2D eigenvalue weighted by Gasteiger charge is 2.46. The van der Waals surface area contributed by atoms with Crippen LogP contribution in [0, 0.1) is 0 Å². The Morgan fingerprint density at radius 1 is 1.07 bits per heavy atom. The highest BCUT2D eigenvalue weighted by molar-refractivity contribution is 5.91. The minimum Gasteiger partial charge on any atom is -0.484 e. The van der Waals surface area contributed by atoms with Crippen LogP contribution >= 0.6 is 0 Å². The van der Waals surface area contributed by atoms with Crippen LogP contribution in [0.25, 0.3) is 0 Å². The minimum atomic E-state index is -1.29. The molecule has 0 bridgehead atoms.